The van der Waals surface area contributed by atoms with Crippen molar-refractivity contribution in [3.8, 4) is 5.75 Å². The van der Waals surface area contributed by atoms with Crippen molar-refractivity contribution in [1.82, 2.24) is 25.3 Å². The zero-order chi connectivity index (χ0) is 15.2. The topological polar surface area (TPSA) is 119 Å². The van der Waals surface area contributed by atoms with Crippen LogP contribution in [0.1, 0.15) is 20.8 Å². The standard InChI is InChI=1S/C12H13N5O4/c1-21-10-6-13-3-2-8(10)11(18)14-4-5-17-7-9(12(19)20)15-16-17/h2-3,6-7H,4-5H2,1H3,(H,14,18)(H,19,20). The van der Waals surface area contributed by atoms with Crippen molar-refractivity contribution in [2.45, 2.75) is 6.54 Å². The minimum Gasteiger partial charge on any atom is -0.494 e. The van der Waals surface area contributed by atoms with Crippen molar-refractivity contribution >= 4 is 11.9 Å². The van der Waals surface area contributed by atoms with Crippen LogP contribution in [0, 0.1) is 0 Å². The Morgan fingerprint density at radius 1 is 1.48 bits per heavy atom. The fourth-order valence-electron chi connectivity index (χ4n) is 1.62. The summed E-state index contributed by atoms with van der Waals surface area (Å²) in [4.78, 5) is 26.5. The number of ether oxygens (including phenoxy) is 1. The molecule has 0 aliphatic heterocycles. The molecule has 9 heteroatoms. The van der Waals surface area contributed by atoms with Crippen LogP contribution < -0.4 is 10.1 Å². The molecule has 0 saturated heterocycles. The number of amides is 1. The lowest BCUT2D eigenvalue weighted by molar-refractivity contribution is 0.0690. The number of carbonyl (C=O) groups excluding carboxylic acids is 1. The molecule has 0 fully saturated rings. The predicted molar refractivity (Wildman–Crippen MR) is 70.1 cm³/mol. The van der Waals surface area contributed by atoms with Crippen LogP contribution in [0.3, 0.4) is 0 Å². The average molecular weight is 291 g/mol. The van der Waals surface area contributed by atoms with Crippen LogP contribution in [0.15, 0.2) is 24.7 Å². The summed E-state index contributed by atoms with van der Waals surface area (Å²) in [5, 5.41) is 18.5. The van der Waals surface area contributed by atoms with Crippen molar-refractivity contribution < 1.29 is 19.4 Å². The van der Waals surface area contributed by atoms with Crippen molar-refractivity contribution in [1.29, 1.82) is 0 Å². The maximum atomic E-state index is 12.0. The van der Waals surface area contributed by atoms with Crippen molar-refractivity contribution in [2.24, 2.45) is 0 Å². The van der Waals surface area contributed by atoms with Gasteiger partial charge < -0.3 is 15.2 Å². The molecule has 2 aromatic rings. The van der Waals surface area contributed by atoms with E-state index in [1.165, 1.54) is 30.4 Å². The lowest BCUT2D eigenvalue weighted by Crippen LogP contribution is -2.27. The summed E-state index contributed by atoms with van der Waals surface area (Å²) in [6.07, 6.45) is 4.24. The molecule has 9 nitrogen and oxygen atoms in total. The molecule has 0 radical (unpaired) electrons. The molecule has 0 aliphatic carbocycles. The van der Waals surface area contributed by atoms with Gasteiger partial charge in [0.25, 0.3) is 5.91 Å². The molecule has 1 amide bonds. The van der Waals surface area contributed by atoms with Gasteiger partial charge in [-0.15, -0.1) is 5.10 Å². The summed E-state index contributed by atoms with van der Waals surface area (Å²) >= 11 is 0. The second-order valence-corrected chi connectivity index (χ2v) is 4.00. The zero-order valence-electron chi connectivity index (χ0n) is 11.2. The molecule has 2 rings (SSSR count). The molecular weight excluding hydrogens is 278 g/mol. The van der Waals surface area contributed by atoms with E-state index in [1.807, 2.05) is 0 Å². The summed E-state index contributed by atoms with van der Waals surface area (Å²) in [5.74, 6) is -1.08. The number of rotatable bonds is 6. The first-order chi connectivity index (χ1) is 10.1. The molecule has 0 atom stereocenters. The quantitative estimate of drug-likeness (QED) is 0.757. The molecule has 110 valence electrons. The number of pyridine rings is 1. The van der Waals surface area contributed by atoms with Crippen LogP contribution in [0.5, 0.6) is 5.75 Å². The van der Waals surface area contributed by atoms with Crippen molar-refractivity contribution in [3.05, 3.63) is 35.9 Å². The van der Waals surface area contributed by atoms with E-state index >= 15 is 0 Å². The highest BCUT2D eigenvalue weighted by Gasteiger charge is 2.12. The first-order valence-electron chi connectivity index (χ1n) is 6.01. The number of carbonyl (C=O) groups is 2. The molecule has 0 spiro atoms. The van der Waals surface area contributed by atoms with Crippen LogP contribution in [-0.2, 0) is 6.54 Å². The molecule has 2 N–H and O–H groups in total. The molecule has 0 bridgehead atoms. The summed E-state index contributed by atoms with van der Waals surface area (Å²) < 4.78 is 6.39. The summed E-state index contributed by atoms with van der Waals surface area (Å²) in [6.45, 7) is 0.576. The molecule has 0 aromatic carbocycles. The van der Waals surface area contributed by atoms with Crippen LogP contribution in [-0.4, -0.2) is 50.6 Å². The van der Waals surface area contributed by atoms with Crippen molar-refractivity contribution in [2.75, 3.05) is 13.7 Å². The van der Waals surface area contributed by atoms with Gasteiger partial charge in [-0.05, 0) is 6.07 Å². The van der Waals surface area contributed by atoms with E-state index in [4.69, 9.17) is 9.84 Å². The number of methoxy groups -OCH3 is 1. The molecule has 0 unspecified atom stereocenters. The Kier molecular flexibility index (Phi) is 4.44. The fraction of sp³-hybridized carbons (Fsp3) is 0.250. The van der Waals surface area contributed by atoms with Crippen LogP contribution in [0.4, 0.5) is 0 Å². The summed E-state index contributed by atoms with van der Waals surface area (Å²) in [5.41, 5.74) is 0.231. The number of carboxylic acids is 1. The van der Waals surface area contributed by atoms with E-state index in [9.17, 15) is 9.59 Å². The van der Waals surface area contributed by atoms with E-state index in [0.717, 1.165) is 0 Å². The van der Waals surface area contributed by atoms with Gasteiger partial charge in [-0.1, -0.05) is 5.21 Å². The Labute approximate surface area is 119 Å². The Morgan fingerprint density at radius 3 is 2.95 bits per heavy atom. The largest absolute Gasteiger partial charge is 0.494 e. The fourth-order valence-corrected chi connectivity index (χ4v) is 1.62. The van der Waals surface area contributed by atoms with Crippen LogP contribution in [0.2, 0.25) is 0 Å². The predicted octanol–water partition coefficient (Wildman–Crippen LogP) is -0.190. The smallest absolute Gasteiger partial charge is 0.358 e. The van der Waals surface area contributed by atoms with Gasteiger partial charge in [0.1, 0.15) is 5.75 Å². The molecular formula is C12H13N5O4. The SMILES string of the molecule is COc1cnccc1C(=O)NCCn1cc(C(=O)O)nn1. The second-order valence-electron chi connectivity index (χ2n) is 4.00. The normalized spacial score (nSPS) is 10.1. The minimum atomic E-state index is -1.15. The highest BCUT2D eigenvalue weighted by molar-refractivity contribution is 5.96. The van der Waals surface area contributed by atoms with Gasteiger partial charge in [-0.25, -0.2) is 9.48 Å². The van der Waals surface area contributed by atoms with Gasteiger partial charge >= 0.3 is 5.97 Å². The third-order valence-electron chi connectivity index (χ3n) is 2.63. The van der Waals surface area contributed by atoms with E-state index in [2.05, 4.69) is 20.6 Å². The van der Waals surface area contributed by atoms with Gasteiger partial charge in [0.05, 0.1) is 31.6 Å². The van der Waals surface area contributed by atoms with E-state index in [1.54, 1.807) is 6.07 Å². The molecule has 0 aliphatic rings. The summed E-state index contributed by atoms with van der Waals surface area (Å²) in [7, 11) is 1.45. The number of nitrogens with one attached hydrogen (secondary N) is 1. The van der Waals surface area contributed by atoms with Gasteiger partial charge in [0.15, 0.2) is 5.69 Å². The Bertz CT molecular complexity index is 655. The maximum absolute atomic E-state index is 12.0. The number of aromatic carboxylic acids is 1. The van der Waals surface area contributed by atoms with Gasteiger partial charge in [0, 0.05) is 12.7 Å². The highest BCUT2D eigenvalue weighted by atomic mass is 16.5. The molecule has 2 heterocycles. The lowest BCUT2D eigenvalue weighted by atomic mass is 10.2. The first-order valence-corrected chi connectivity index (χ1v) is 6.01. The Hall–Kier alpha value is -2.97. The number of hydrogen-bond acceptors (Lipinski definition) is 6. The average Bonchev–Trinajstić information content (AvgIpc) is 2.96. The van der Waals surface area contributed by atoms with Gasteiger partial charge in [0.2, 0.25) is 0 Å². The first kappa shape index (κ1) is 14.4. The number of carboxylic acid groups (broad SMARTS) is 1. The number of hydrogen-bond donors (Lipinski definition) is 2. The van der Waals surface area contributed by atoms with E-state index in [-0.39, 0.29) is 18.1 Å². The molecule has 2 aromatic heterocycles. The van der Waals surface area contributed by atoms with Crippen LogP contribution >= 0.6 is 0 Å². The number of nitrogens with zero attached hydrogens (tertiary/aromatic N) is 4. The Balaban J connectivity index is 1.90. The minimum absolute atomic E-state index is 0.142. The van der Waals surface area contributed by atoms with Crippen molar-refractivity contribution in [3.63, 3.8) is 0 Å². The Morgan fingerprint density at radius 2 is 2.29 bits per heavy atom. The van der Waals surface area contributed by atoms with Gasteiger partial charge in [-0.3, -0.25) is 9.78 Å². The van der Waals surface area contributed by atoms with E-state index in [0.29, 0.717) is 17.9 Å². The van der Waals surface area contributed by atoms with Gasteiger partial charge in [-0.2, -0.15) is 0 Å². The molecule has 21 heavy (non-hydrogen) atoms. The summed E-state index contributed by atoms with van der Waals surface area (Å²) in [6, 6.07) is 1.55. The lowest BCUT2D eigenvalue weighted by Gasteiger charge is -2.08. The zero-order valence-corrected chi connectivity index (χ0v) is 11.2. The van der Waals surface area contributed by atoms with Crippen LogP contribution in [0.25, 0.3) is 0 Å². The van der Waals surface area contributed by atoms with E-state index < -0.39 is 5.97 Å². The number of aromatic nitrogens is 4. The third kappa shape index (κ3) is 3.53. The second kappa shape index (κ2) is 6.46. The monoisotopic (exact) mass is 291 g/mol. The third-order valence-corrected chi connectivity index (χ3v) is 2.63. The molecule has 0 saturated carbocycles. The highest BCUT2D eigenvalue weighted by Crippen LogP contribution is 2.14. The maximum Gasteiger partial charge on any atom is 0.358 e.